The van der Waals surface area contributed by atoms with Gasteiger partial charge < -0.3 is 37.8 Å². The first-order valence-electron chi connectivity index (χ1n) is 14.3. The molecule has 15 heteroatoms. The molecule has 1 aliphatic rings. The van der Waals surface area contributed by atoms with Crippen LogP contribution in [0.1, 0.15) is 44.7 Å². The smallest absolute Gasteiger partial charge is 0.273 e. The first-order valence-corrected chi connectivity index (χ1v) is 12.8. The normalized spacial score (nSPS) is 17.2. The van der Waals surface area contributed by atoms with Crippen LogP contribution >= 0.6 is 7.82 Å². The number of carbonyl (C=O) groups is 1. The number of nitrogens with zero attached hydrogens (tertiary/aromatic N) is 4. The molecule has 2 aromatic heterocycles. The number of fused-ring (bicyclic) bond motifs is 1. The molecule has 1 aromatic carbocycles. The van der Waals surface area contributed by atoms with E-state index in [4.69, 9.17) is 27.2 Å². The molecular formula is C25H26FN4O9P-2. The van der Waals surface area contributed by atoms with Gasteiger partial charge in [-0.3, -0.25) is 9.69 Å². The summed E-state index contributed by atoms with van der Waals surface area (Å²) in [5.41, 5.74) is -3.03. The second kappa shape index (κ2) is 11.3. The monoisotopic (exact) mass is 582 g/mol. The predicted octanol–water partition coefficient (Wildman–Crippen LogP) is 1.52. The molecule has 0 saturated carbocycles. The van der Waals surface area contributed by atoms with Crippen molar-refractivity contribution in [3.63, 3.8) is 0 Å². The Morgan fingerprint density at radius 1 is 1.10 bits per heavy atom. The fourth-order valence-electron chi connectivity index (χ4n) is 3.83. The SMILES string of the molecule is [2H]C([2H])([2H])C1(C([2H])([2H])[2H])Oc2ccc(Cc3nc(Cc4cc(OC)c(OC)c(OC)c4)ncc3F)nc2N(COP(=O)([O-])[O-])C1=O. The Kier molecular flexibility index (Phi) is 6.21. The maximum absolute atomic E-state index is 14.9. The highest BCUT2D eigenvalue weighted by Gasteiger charge is 2.42. The topological polar surface area (TPSA) is 168 Å². The van der Waals surface area contributed by atoms with Crippen LogP contribution in [0.2, 0.25) is 0 Å². The van der Waals surface area contributed by atoms with Crippen molar-refractivity contribution in [3.8, 4) is 23.0 Å². The molecule has 0 unspecified atom stereocenters. The highest BCUT2D eigenvalue weighted by Crippen LogP contribution is 2.39. The average molecular weight is 583 g/mol. The number of methoxy groups -OCH3 is 3. The lowest BCUT2D eigenvalue weighted by Crippen LogP contribution is -2.53. The molecule has 0 fully saturated rings. The van der Waals surface area contributed by atoms with Crippen molar-refractivity contribution in [2.75, 3.05) is 33.0 Å². The zero-order valence-electron chi connectivity index (χ0n) is 27.3. The number of benzene rings is 1. The van der Waals surface area contributed by atoms with Gasteiger partial charge in [0.25, 0.3) is 5.91 Å². The van der Waals surface area contributed by atoms with E-state index in [1.807, 2.05) is 0 Å². The van der Waals surface area contributed by atoms with Crippen molar-refractivity contribution in [1.82, 2.24) is 15.0 Å². The van der Waals surface area contributed by atoms with Crippen molar-refractivity contribution in [1.29, 1.82) is 0 Å². The second-order valence-corrected chi connectivity index (χ2v) is 9.47. The van der Waals surface area contributed by atoms with Crippen LogP contribution in [-0.2, 0) is 26.7 Å². The van der Waals surface area contributed by atoms with E-state index in [1.165, 1.54) is 27.4 Å². The number of aromatic nitrogens is 3. The molecule has 0 radical (unpaired) electrons. The summed E-state index contributed by atoms with van der Waals surface area (Å²) < 4.78 is 98.5. The van der Waals surface area contributed by atoms with E-state index in [9.17, 15) is 23.5 Å². The highest BCUT2D eigenvalue weighted by molar-refractivity contribution is 7.43. The molecule has 13 nitrogen and oxygen atoms in total. The number of phosphoric ester groups is 1. The third-order valence-electron chi connectivity index (χ3n) is 5.61. The lowest BCUT2D eigenvalue weighted by molar-refractivity contribution is -0.341. The standard InChI is InChI=1S/C25H28FN4O9P/c1-25(2)24(31)30(13-38-40(32,33)34)23-18(39-25)7-6-15(28-23)11-17-16(26)12-27-21(29-17)10-14-8-19(35-3)22(37-5)20(9-14)36-4/h6-9,12H,10-11,13H2,1-5H3,(H2,32,33,34)/p-2/i1D3,2D3. The molecule has 0 bridgehead atoms. The van der Waals surface area contributed by atoms with Gasteiger partial charge in [0, 0.05) is 26.8 Å². The van der Waals surface area contributed by atoms with Crippen LogP contribution in [0.25, 0.3) is 0 Å². The molecule has 214 valence electrons. The number of hydrogen-bond donors (Lipinski definition) is 0. The van der Waals surface area contributed by atoms with Crippen LogP contribution in [0.4, 0.5) is 10.2 Å². The zero-order valence-corrected chi connectivity index (χ0v) is 22.2. The first-order chi connectivity index (χ1) is 21.3. The van der Waals surface area contributed by atoms with Crippen LogP contribution in [-0.4, -0.2) is 54.5 Å². The van der Waals surface area contributed by atoms with Gasteiger partial charge in [-0.1, -0.05) is 0 Å². The molecule has 3 aromatic rings. The van der Waals surface area contributed by atoms with Gasteiger partial charge in [0.05, 0.1) is 41.0 Å². The summed E-state index contributed by atoms with van der Waals surface area (Å²) in [5.74, 6) is -2.45. The summed E-state index contributed by atoms with van der Waals surface area (Å²) in [7, 11) is -1.42. The second-order valence-electron chi connectivity index (χ2n) is 8.31. The summed E-state index contributed by atoms with van der Waals surface area (Å²) >= 11 is 0. The third kappa shape index (κ3) is 6.31. The molecule has 1 aliphatic heterocycles. The molecule has 0 aliphatic carbocycles. The van der Waals surface area contributed by atoms with Crippen LogP contribution in [0.15, 0.2) is 30.5 Å². The van der Waals surface area contributed by atoms with E-state index in [2.05, 4.69) is 19.5 Å². The van der Waals surface area contributed by atoms with Crippen molar-refractivity contribution < 1.29 is 55.2 Å². The van der Waals surface area contributed by atoms with Crippen molar-refractivity contribution in [3.05, 3.63) is 59.1 Å². The van der Waals surface area contributed by atoms with Crippen LogP contribution in [0, 0.1) is 5.82 Å². The maximum atomic E-state index is 14.9. The molecule has 0 saturated heterocycles. The Morgan fingerprint density at radius 3 is 2.40 bits per heavy atom. The van der Waals surface area contributed by atoms with E-state index in [0.29, 0.717) is 22.8 Å². The lowest BCUT2D eigenvalue weighted by Gasteiger charge is -2.39. The molecule has 3 heterocycles. The minimum Gasteiger partial charge on any atom is -0.790 e. The van der Waals surface area contributed by atoms with E-state index < -0.39 is 57.2 Å². The number of phosphoric acid groups is 1. The van der Waals surface area contributed by atoms with Gasteiger partial charge >= 0.3 is 0 Å². The van der Waals surface area contributed by atoms with Crippen molar-refractivity contribution in [2.24, 2.45) is 0 Å². The van der Waals surface area contributed by atoms with E-state index >= 15 is 0 Å². The van der Waals surface area contributed by atoms with Crippen LogP contribution in [0.3, 0.4) is 0 Å². The summed E-state index contributed by atoms with van der Waals surface area (Å²) in [6.07, 6.45) is 0.700. The summed E-state index contributed by atoms with van der Waals surface area (Å²) in [6, 6.07) is 5.61. The maximum Gasteiger partial charge on any atom is 0.273 e. The van der Waals surface area contributed by atoms with Gasteiger partial charge in [-0.05, 0) is 43.5 Å². The quantitative estimate of drug-likeness (QED) is 0.317. The number of hydrogen-bond acceptors (Lipinski definition) is 12. The summed E-state index contributed by atoms with van der Waals surface area (Å²) in [4.78, 5) is 48.6. The van der Waals surface area contributed by atoms with Crippen molar-refractivity contribution in [2.45, 2.75) is 32.1 Å². The van der Waals surface area contributed by atoms with Gasteiger partial charge in [-0.2, -0.15) is 0 Å². The Hall–Kier alpha value is -3.84. The number of carbonyl (C=O) groups excluding carboxylic acids is 1. The number of rotatable bonds is 10. The zero-order chi connectivity index (χ0) is 34.2. The van der Waals surface area contributed by atoms with Gasteiger partial charge in [0.1, 0.15) is 12.6 Å². The average Bonchev–Trinajstić information content (AvgIpc) is 2.95. The minimum absolute atomic E-state index is 0.000757. The minimum atomic E-state index is -5.75. The Labute approximate surface area is 237 Å². The largest absolute Gasteiger partial charge is 0.790 e. The van der Waals surface area contributed by atoms with Crippen LogP contribution < -0.4 is 33.6 Å². The molecule has 40 heavy (non-hydrogen) atoms. The lowest BCUT2D eigenvalue weighted by atomic mass is 10.1. The van der Waals surface area contributed by atoms with Gasteiger partial charge in [-0.25, -0.2) is 19.3 Å². The van der Waals surface area contributed by atoms with Crippen LogP contribution in [0.5, 0.6) is 23.0 Å². The van der Waals surface area contributed by atoms with Gasteiger partial charge in [-0.15, -0.1) is 0 Å². The molecule has 0 atom stereocenters. The van der Waals surface area contributed by atoms with E-state index in [1.54, 1.807) is 12.1 Å². The third-order valence-corrected chi connectivity index (χ3v) is 6.04. The first kappa shape index (κ1) is 21.9. The molecule has 4 rings (SSSR count). The van der Waals surface area contributed by atoms with Gasteiger partial charge in [0.2, 0.25) is 5.75 Å². The molecule has 0 N–H and O–H groups in total. The number of ether oxygens (including phenoxy) is 4. The number of pyridine rings is 1. The Bertz CT molecular complexity index is 1650. The molecular weight excluding hydrogens is 550 g/mol. The Morgan fingerprint density at radius 2 is 1.80 bits per heavy atom. The number of amides is 1. The van der Waals surface area contributed by atoms with E-state index in [0.717, 1.165) is 12.3 Å². The summed E-state index contributed by atoms with van der Waals surface area (Å²) in [6.45, 7) is -8.63. The summed E-state index contributed by atoms with van der Waals surface area (Å²) in [5, 5.41) is 0. The van der Waals surface area contributed by atoms with Gasteiger partial charge in [0.15, 0.2) is 34.5 Å². The van der Waals surface area contributed by atoms with Crippen molar-refractivity contribution >= 4 is 19.5 Å². The predicted molar refractivity (Wildman–Crippen MR) is 134 cm³/mol. The molecule has 1 amide bonds. The fourth-order valence-corrected chi connectivity index (χ4v) is 4.09. The number of anilines is 1. The fraction of sp³-hybridized carbons (Fsp3) is 0.360. The number of halogens is 1. The van der Waals surface area contributed by atoms with E-state index in [-0.39, 0.29) is 35.0 Å². The Balaban J connectivity index is 1.72. The molecule has 0 spiro atoms. The highest BCUT2D eigenvalue weighted by atomic mass is 31.2.